The monoisotopic (exact) mass is 358 g/mol. The molecule has 0 aliphatic heterocycles. The van der Waals surface area contributed by atoms with Gasteiger partial charge < -0.3 is 16.0 Å². The van der Waals surface area contributed by atoms with Crippen molar-refractivity contribution < 1.29 is 14.0 Å². The molecule has 0 fully saturated rings. The van der Waals surface area contributed by atoms with Crippen molar-refractivity contribution >= 4 is 11.9 Å². The van der Waals surface area contributed by atoms with Crippen LogP contribution in [0.5, 0.6) is 0 Å². The van der Waals surface area contributed by atoms with Gasteiger partial charge in [-0.25, -0.2) is 9.18 Å². The van der Waals surface area contributed by atoms with Crippen molar-refractivity contribution in [2.75, 3.05) is 0 Å². The van der Waals surface area contributed by atoms with Gasteiger partial charge in [0.25, 0.3) is 0 Å². The fourth-order valence-corrected chi connectivity index (χ4v) is 2.35. The second-order valence-corrected chi connectivity index (χ2v) is 5.83. The molecule has 138 valence electrons. The van der Waals surface area contributed by atoms with Gasteiger partial charge in [-0.1, -0.05) is 31.5 Å². The second kappa shape index (κ2) is 10.1. The number of aromatic nitrogens is 1. The van der Waals surface area contributed by atoms with Gasteiger partial charge in [0, 0.05) is 12.7 Å². The third-order valence-corrected chi connectivity index (χ3v) is 3.74. The zero-order valence-corrected chi connectivity index (χ0v) is 14.7. The molecule has 0 unspecified atom stereocenters. The van der Waals surface area contributed by atoms with Crippen LogP contribution in [0.4, 0.5) is 9.18 Å². The highest BCUT2D eigenvalue weighted by Gasteiger charge is 2.19. The molecule has 0 aliphatic rings. The number of benzene rings is 1. The molecule has 0 saturated heterocycles. The topological polar surface area (TPSA) is 83.1 Å². The standard InChI is InChI=1S/C19H23FN4O2/c1-2-5-17(18(25)22-13-16-6-3-4-11-21-16)24-19(26)23-12-14-7-9-15(20)10-8-14/h3-4,6-11,17H,2,5,12-13H2,1H3,(H,22,25)(H2,23,24,26)/t17-/m1/s1. The van der Waals surface area contributed by atoms with Crippen molar-refractivity contribution in [3.63, 3.8) is 0 Å². The Hall–Kier alpha value is -2.96. The lowest BCUT2D eigenvalue weighted by Crippen LogP contribution is -2.49. The largest absolute Gasteiger partial charge is 0.349 e. The Labute approximate surface area is 152 Å². The van der Waals surface area contributed by atoms with E-state index in [1.54, 1.807) is 24.4 Å². The van der Waals surface area contributed by atoms with Crippen molar-refractivity contribution in [1.82, 2.24) is 20.9 Å². The third-order valence-electron chi connectivity index (χ3n) is 3.74. The molecule has 7 heteroatoms. The predicted molar refractivity (Wildman–Crippen MR) is 96.6 cm³/mol. The lowest BCUT2D eigenvalue weighted by molar-refractivity contribution is -0.123. The fourth-order valence-electron chi connectivity index (χ4n) is 2.35. The zero-order chi connectivity index (χ0) is 18.8. The quantitative estimate of drug-likeness (QED) is 0.678. The lowest BCUT2D eigenvalue weighted by atomic mass is 10.1. The van der Waals surface area contributed by atoms with Crippen molar-refractivity contribution in [2.24, 2.45) is 0 Å². The fraction of sp³-hybridized carbons (Fsp3) is 0.316. The van der Waals surface area contributed by atoms with E-state index < -0.39 is 12.1 Å². The smallest absolute Gasteiger partial charge is 0.315 e. The molecule has 0 radical (unpaired) electrons. The first-order valence-electron chi connectivity index (χ1n) is 8.55. The summed E-state index contributed by atoms with van der Waals surface area (Å²) in [6.07, 6.45) is 2.93. The third kappa shape index (κ3) is 6.51. The van der Waals surface area contributed by atoms with Gasteiger partial charge in [-0.15, -0.1) is 0 Å². The van der Waals surface area contributed by atoms with E-state index in [9.17, 15) is 14.0 Å². The maximum atomic E-state index is 12.9. The number of pyridine rings is 1. The van der Waals surface area contributed by atoms with Gasteiger partial charge in [0.15, 0.2) is 0 Å². The Balaban J connectivity index is 1.82. The molecule has 0 spiro atoms. The van der Waals surface area contributed by atoms with Gasteiger partial charge in [-0.3, -0.25) is 9.78 Å². The van der Waals surface area contributed by atoms with Crippen LogP contribution in [0.25, 0.3) is 0 Å². The summed E-state index contributed by atoms with van der Waals surface area (Å²) in [4.78, 5) is 28.5. The number of rotatable bonds is 8. The average Bonchev–Trinajstić information content (AvgIpc) is 2.66. The summed E-state index contributed by atoms with van der Waals surface area (Å²) < 4.78 is 12.9. The Morgan fingerprint density at radius 1 is 1.08 bits per heavy atom. The second-order valence-electron chi connectivity index (χ2n) is 5.83. The number of urea groups is 1. The predicted octanol–water partition coefficient (Wildman–Crippen LogP) is 2.51. The minimum absolute atomic E-state index is 0.251. The van der Waals surface area contributed by atoms with Crippen molar-refractivity contribution in [1.29, 1.82) is 0 Å². The molecule has 1 heterocycles. The van der Waals surface area contributed by atoms with E-state index in [1.807, 2.05) is 19.1 Å². The average molecular weight is 358 g/mol. The normalized spacial score (nSPS) is 11.5. The van der Waals surface area contributed by atoms with E-state index in [0.29, 0.717) is 13.0 Å². The van der Waals surface area contributed by atoms with Gasteiger partial charge in [-0.2, -0.15) is 0 Å². The van der Waals surface area contributed by atoms with Crippen molar-refractivity contribution in [2.45, 2.75) is 38.9 Å². The van der Waals surface area contributed by atoms with Gasteiger partial charge in [0.1, 0.15) is 11.9 Å². The Morgan fingerprint density at radius 2 is 1.85 bits per heavy atom. The molecular weight excluding hydrogens is 335 g/mol. The maximum Gasteiger partial charge on any atom is 0.315 e. The van der Waals surface area contributed by atoms with E-state index in [0.717, 1.165) is 17.7 Å². The summed E-state index contributed by atoms with van der Waals surface area (Å²) in [5.74, 6) is -0.583. The SMILES string of the molecule is CCC[C@@H](NC(=O)NCc1ccc(F)cc1)C(=O)NCc1ccccn1. The summed E-state index contributed by atoms with van der Waals surface area (Å²) in [5, 5.41) is 8.13. The van der Waals surface area contributed by atoms with Crippen LogP contribution >= 0.6 is 0 Å². The first kappa shape index (κ1) is 19.4. The van der Waals surface area contributed by atoms with E-state index >= 15 is 0 Å². The van der Waals surface area contributed by atoms with Gasteiger partial charge in [0.2, 0.25) is 5.91 Å². The number of hydrogen-bond donors (Lipinski definition) is 3. The van der Waals surface area contributed by atoms with Crippen LogP contribution in [0.3, 0.4) is 0 Å². The number of carbonyl (C=O) groups is 2. The lowest BCUT2D eigenvalue weighted by Gasteiger charge is -2.18. The van der Waals surface area contributed by atoms with Crippen molar-refractivity contribution in [3.8, 4) is 0 Å². The van der Waals surface area contributed by atoms with Gasteiger partial charge >= 0.3 is 6.03 Å². The summed E-state index contributed by atoms with van der Waals surface area (Å²) in [5.41, 5.74) is 1.52. The molecule has 1 atom stereocenters. The molecule has 3 amide bonds. The number of hydrogen-bond acceptors (Lipinski definition) is 3. The number of nitrogens with zero attached hydrogens (tertiary/aromatic N) is 1. The minimum atomic E-state index is -0.628. The van der Waals surface area contributed by atoms with E-state index in [-0.39, 0.29) is 18.3 Å². The number of nitrogens with one attached hydrogen (secondary N) is 3. The summed E-state index contributed by atoms with van der Waals surface area (Å²) >= 11 is 0. The number of amides is 3. The van der Waals surface area contributed by atoms with Gasteiger partial charge in [-0.05, 0) is 36.2 Å². The number of carbonyl (C=O) groups excluding carboxylic acids is 2. The van der Waals surface area contributed by atoms with E-state index in [4.69, 9.17) is 0 Å². The molecule has 3 N–H and O–H groups in total. The summed E-state index contributed by atoms with van der Waals surface area (Å²) in [7, 11) is 0. The molecule has 26 heavy (non-hydrogen) atoms. The van der Waals surface area contributed by atoms with Crippen LogP contribution in [0.2, 0.25) is 0 Å². The molecular formula is C19H23FN4O2. The summed E-state index contributed by atoms with van der Waals surface area (Å²) in [6, 6.07) is 10.3. The Morgan fingerprint density at radius 3 is 2.50 bits per heavy atom. The molecule has 1 aromatic heterocycles. The highest BCUT2D eigenvalue weighted by atomic mass is 19.1. The molecule has 6 nitrogen and oxygen atoms in total. The first-order chi connectivity index (χ1) is 12.6. The van der Waals surface area contributed by atoms with Crippen LogP contribution in [0.15, 0.2) is 48.7 Å². The molecule has 0 bridgehead atoms. The maximum absolute atomic E-state index is 12.9. The molecule has 2 aromatic rings. The van der Waals surface area contributed by atoms with Gasteiger partial charge in [0.05, 0.1) is 12.2 Å². The highest BCUT2D eigenvalue weighted by molar-refractivity contribution is 5.86. The first-order valence-corrected chi connectivity index (χ1v) is 8.55. The Kier molecular flexibility index (Phi) is 7.54. The van der Waals surface area contributed by atoms with Crippen LogP contribution in [-0.2, 0) is 17.9 Å². The molecule has 1 aromatic carbocycles. The van der Waals surface area contributed by atoms with Crippen LogP contribution in [0.1, 0.15) is 31.0 Å². The molecule has 0 aliphatic carbocycles. The van der Waals surface area contributed by atoms with Crippen LogP contribution in [0, 0.1) is 5.82 Å². The van der Waals surface area contributed by atoms with Crippen LogP contribution in [-0.4, -0.2) is 23.0 Å². The van der Waals surface area contributed by atoms with E-state index in [2.05, 4.69) is 20.9 Å². The van der Waals surface area contributed by atoms with Crippen molar-refractivity contribution in [3.05, 3.63) is 65.7 Å². The minimum Gasteiger partial charge on any atom is -0.349 e. The van der Waals surface area contributed by atoms with E-state index in [1.165, 1.54) is 12.1 Å². The van der Waals surface area contributed by atoms with Crippen LogP contribution < -0.4 is 16.0 Å². The summed E-state index contributed by atoms with van der Waals surface area (Å²) in [6.45, 7) is 2.50. The highest BCUT2D eigenvalue weighted by Crippen LogP contribution is 2.03. The molecule has 2 rings (SSSR count). The number of halogens is 1. The zero-order valence-electron chi connectivity index (χ0n) is 14.7. The molecule has 0 saturated carbocycles. The Bertz CT molecular complexity index is 707.